The molecule has 3 rings (SSSR count). The summed E-state index contributed by atoms with van der Waals surface area (Å²) in [6.07, 6.45) is 3.93. The molecule has 0 radical (unpaired) electrons. The van der Waals surface area contributed by atoms with Crippen LogP contribution in [0.15, 0.2) is 66.4 Å². The highest BCUT2D eigenvalue weighted by atomic mass is 19.4. The number of anilines is 2. The van der Waals surface area contributed by atoms with Crippen LogP contribution < -0.4 is 10.2 Å². The van der Waals surface area contributed by atoms with Crippen molar-refractivity contribution >= 4 is 17.1 Å². The minimum atomic E-state index is -4.47. The zero-order valence-electron chi connectivity index (χ0n) is 21.5. The van der Waals surface area contributed by atoms with E-state index in [-0.39, 0.29) is 0 Å². The molecule has 0 atom stereocenters. The van der Waals surface area contributed by atoms with Gasteiger partial charge in [-0.05, 0) is 56.3 Å². The quantitative estimate of drug-likeness (QED) is 0.280. The van der Waals surface area contributed by atoms with Crippen molar-refractivity contribution in [2.45, 2.75) is 26.4 Å². The van der Waals surface area contributed by atoms with Crippen LogP contribution in [-0.4, -0.2) is 48.6 Å². The van der Waals surface area contributed by atoms with E-state index in [1.54, 1.807) is 42.7 Å². The summed E-state index contributed by atoms with van der Waals surface area (Å²) < 4.78 is 39.5. The summed E-state index contributed by atoms with van der Waals surface area (Å²) in [5.74, 6) is 0. The van der Waals surface area contributed by atoms with Crippen LogP contribution in [0, 0.1) is 12.5 Å². The van der Waals surface area contributed by atoms with Crippen LogP contribution >= 0.6 is 0 Å². The summed E-state index contributed by atoms with van der Waals surface area (Å²) in [7, 11) is 3.89. The largest absolute Gasteiger partial charge is 0.417 e. The van der Waals surface area contributed by atoms with Crippen molar-refractivity contribution in [3.05, 3.63) is 78.0 Å². The van der Waals surface area contributed by atoms with Gasteiger partial charge in [0.2, 0.25) is 0 Å². The smallest absolute Gasteiger partial charge is 0.382 e. The highest BCUT2D eigenvalue weighted by molar-refractivity contribution is 5.74. The molecule has 0 bridgehead atoms. The number of rotatable bonds is 11. The molecule has 0 saturated carbocycles. The maximum Gasteiger partial charge on any atom is 0.417 e. The number of pyridine rings is 2. The first-order chi connectivity index (χ1) is 17.6. The number of nitrogens with one attached hydrogen (secondary N) is 2. The number of aryl methyl sites for hydroxylation is 1. The number of aromatic nitrogens is 2. The lowest BCUT2D eigenvalue weighted by atomic mass is 10.0. The Morgan fingerprint density at radius 3 is 2.49 bits per heavy atom. The maximum absolute atomic E-state index is 13.2. The molecule has 0 fully saturated rings. The predicted octanol–water partition coefficient (Wildman–Crippen LogP) is 6.69. The van der Waals surface area contributed by atoms with E-state index in [9.17, 15) is 13.2 Å². The van der Waals surface area contributed by atoms with E-state index in [1.807, 2.05) is 19.1 Å². The molecule has 0 aliphatic carbocycles. The number of alkyl halides is 3. The standard InChI is InChI=1S/C27H32F3N7/c1-5-9-36(3)10-8-34-24-12-22(15-33-17-24)25(35-31)18-37(4)26-13-20(7-6-19(26)2)21-11-23(16-32-14-21)27(28,29)30/h6-7,11-18,31,34H,5,8-10H2,1-4H3/b25-18-,35-31?. The summed E-state index contributed by atoms with van der Waals surface area (Å²) in [5, 5.41) is 7.06. The molecule has 0 aliphatic heterocycles. The number of nitrogens with zero attached hydrogens (tertiary/aromatic N) is 5. The van der Waals surface area contributed by atoms with Gasteiger partial charge < -0.3 is 15.1 Å². The van der Waals surface area contributed by atoms with E-state index >= 15 is 0 Å². The molecular formula is C27H32F3N7. The molecule has 1 aromatic carbocycles. The second-order valence-electron chi connectivity index (χ2n) is 8.89. The van der Waals surface area contributed by atoms with Crippen LogP contribution in [0.2, 0.25) is 0 Å². The van der Waals surface area contributed by atoms with Crippen LogP contribution in [-0.2, 0) is 6.18 Å². The molecule has 7 nitrogen and oxygen atoms in total. The van der Waals surface area contributed by atoms with E-state index < -0.39 is 11.7 Å². The Balaban J connectivity index is 1.83. The van der Waals surface area contributed by atoms with Crippen LogP contribution in [0.1, 0.15) is 30.0 Å². The van der Waals surface area contributed by atoms with E-state index in [0.717, 1.165) is 55.3 Å². The molecule has 196 valence electrons. The van der Waals surface area contributed by atoms with Gasteiger partial charge in [0.15, 0.2) is 0 Å². The van der Waals surface area contributed by atoms with Crippen LogP contribution in [0.4, 0.5) is 24.5 Å². The number of hydrogen-bond donors (Lipinski definition) is 2. The van der Waals surface area contributed by atoms with Gasteiger partial charge in [0, 0.05) is 67.9 Å². The minimum Gasteiger partial charge on any atom is -0.382 e. The Morgan fingerprint density at radius 1 is 1.03 bits per heavy atom. The first-order valence-electron chi connectivity index (χ1n) is 12.0. The molecule has 2 aromatic heterocycles. The fourth-order valence-electron chi connectivity index (χ4n) is 3.90. The van der Waals surface area contributed by atoms with Crippen LogP contribution in [0.5, 0.6) is 0 Å². The SMILES string of the molecule is CCCN(C)CCNc1cncc(/C(=C/N(C)c2cc(-c3cncc(C(F)(F)F)c3)ccc2C)N=N)c1. The van der Waals surface area contributed by atoms with Crippen molar-refractivity contribution < 1.29 is 13.2 Å². The first-order valence-corrected chi connectivity index (χ1v) is 12.0. The molecule has 0 spiro atoms. The Morgan fingerprint density at radius 2 is 1.78 bits per heavy atom. The van der Waals surface area contributed by atoms with E-state index in [0.29, 0.717) is 22.4 Å². The van der Waals surface area contributed by atoms with Gasteiger partial charge in [0.25, 0.3) is 0 Å². The van der Waals surface area contributed by atoms with E-state index in [2.05, 4.69) is 39.3 Å². The monoisotopic (exact) mass is 511 g/mol. The fourth-order valence-corrected chi connectivity index (χ4v) is 3.90. The molecule has 2 N–H and O–H groups in total. The Hall–Kier alpha value is -3.79. The van der Waals surface area contributed by atoms with Crippen molar-refractivity contribution in [1.29, 1.82) is 5.53 Å². The summed E-state index contributed by atoms with van der Waals surface area (Å²) >= 11 is 0. The highest BCUT2D eigenvalue weighted by Gasteiger charge is 2.31. The lowest BCUT2D eigenvalue weighted by Gasteiger charge is -2.20. The van der Waals surface area contributed by atoms with Gasteiger partial charge in [-0.1, -0.05) is 19.1 Å². The first kappa shape index (κ1) is 27.8. The van der Waals surface area contributed by atoms with Crippen LogP contribution in [0.25, 0.3) is 16.8 Å². The van der Waals surface area contributed by atoms with Crippen molar-refractivity contribution in [2.75, 3.05) is 43.9 Å². The second kappa shape index (κ2) is 12.4. The molecule has 10 heteroatoms. The third-order valence-electron chi connectivity index (χ3n) is 5.89. The van der Waals surface area contributed by atoms with Gasteiger partial charge in [0.05, 0.1) is 11.3 Å². The molecule has 0 aliphatic rings. The minimum absolute atomic E-state index is 0.367. The van der Waals surface area contributed by atoms with Gasteiger partial charge in [-0.3, -0.25) is 9.97 Å². The molecular weight excluding hydrogens is 479 g/mol. The van der Waals surface area contributed by atoms with Gasteiger partial charge in [-0.15, -0.1) is 0 Å². The molecule has 3 aromatic rings. The van der Waals surface area contributed by atoms with Crippen molar-refractivity contribution in [3.8, 4) is 11.1 Å². The number of hydrogen-bond acceptors (Lipinski definition) is 7. The normalized spacial score (nSPS) is 12.1. The lowest BCUT2D eigenvalue weighted by molar-refractivity contribution is -0.137. The number of halogens is 3. The van der Waals surface area contributed by atoms with Crippen molar-refractivity contribution in [1.82, 2.24) is 14.9 Å². The van der Waals surface area contributed by atoms with Crippen molar-refractivity contribution in [3.63, 3.8) is 0 Å². The van der Waals surface area contributed by atoms with Gasteiger partial charge in [-0.2, -0.15) is 18.3 Å². The summed E-state index contributed by atoms with van der Waals surface area (Å²) in [6.45, 7) is 6.74. The number of likely N-dealkylation sites (N-methyl/N-ethyl adjacent to an activating group) is 1. The van der Waals surface area contributed by atoms with Crippen LogP contribution in [0.3, 0.4) is 0 Å². The second-order valence-corrected chi connectivity index (χ2v) is 8.89. The summed E-state index contributed by atoms with van der Waals surface area (Å²) in [5.41, 5.74) is 11.5. The van der Waals surface area contributed by atoms with Crippen molar-refractivity contribution in [2.24, 2.45) is 5.11 Å². The zero-order chi connectivity index (χ0) is 27.0. The Labute approximate surface area is 215 Å². The predicted molar refractivity (Wildman–Crippen MR) is 141 cm³/mol. The molecule has 0 saturated heterocycles. The molecule has 0 unspecified atom stereocenters. The highest BCUT2D eigenvalue weighted by Crippen LogP contribution is 2.33. The maximum atomic E-state index is 13.2. The molecule has 0 amide bonds. The van der Waals surface area contributed by atoms with Gasteiger partial charge in [0.1, 0.15) is 5.70 Å². The fraction of sp³-hybridized carbons (Fsp3) is 0.333. The lowest BCUT2D eigenvalue weighted by Crippen LogP contribution is -2.25. The average Bonchev–Trinajstić information content (AvgIpc) is 2.87. The summed E-state index contributed by atoms with van der Waals surface area (Å²) in [6, 6.07) is 8.39. The van der Waals surface area contributed by atoms with Gasteiger partial charge >= 0.3 is 6.18 Å². The van der Waals surface area contributed by atoms with Gasteiger partial charge in [-0.25, -0.2) is 5.53 Å². The molecule has 37 heavy (non-hydrogen) atoms. The Bertz CT molecular complexity index is 1240. The Kier molecular flexibility index (Phi) is 9.35. The average molecular weight is 512 g/mol. The third-order valence-corrected chi connectivity index (χ3v) is 5.89. The third kappa shape index (κ3) is 7.60. The zero-order valence-corrected chi connectivity index (χ0v) is 21.5. The number of benzene rings is 1. The van der Waals surface area contributed by atoms with E-state index in [4.69, 9.17) is 5.53 Å². The van der Waals surface area contributed by atoms with E-state index in [1.165, 1.54) is 6.20 Å². The molecule has 2 heterocycles. The topological polar surface area (TPSA) is 80.5 Å². The summed E-state index contributed by atoms with van der Waals surface area (Å²) in [4.78, 5) is 12.1.